The summed E-state index contributed by atoms with van der Waals surface area (Å²) in [5.74, 6) is -0.453. The molecule has 2 amide bonds. The molecule has 0 aliphatic carbocycles. The number of imide groups is 1. The molecule has 1 aliphatic heterocycles. The van der Waals surface area contributed by atoms with Crippen molar-refractivity contribution in [3.8, 4) is 0 Å². The zero-order chi connectivity index (χ0) is 13.4. The van der Waals surface area contributed by atoms with Gasteiger partial charge in [-0.25, -0.2) is 0 Å². The van der Waals surface area contributed by atoms with E-state index >= 15 is 0 Å². The van der Waals surface area contributed by atoms with Gasteiger partial charge in [0, 0.05) is 4.90 Å². The fourth-order valence-corrected chi connectivity index (χ4v) is 2.32. The van der Waals surface area contributed by atoms with Gasteiger partial charge in [0.05, 0.1) is 17.7 Å². The molecular formula is C15H11NO2S. The number of amides is 2. The van der Waals surface area contributed by atoms with Crippen LogP contribution < -0.4 is 0 Å². The molecule has 0 fully saturated rings. The van der Waals surface area contributed by atoms with E-state index < -0.39 is 0 Å². The second-order valence-electron chi connectivity index (χ2n) is 4.41. The Balaban J connectivity index is 1.90. The summed E-state index contributed by atoms with van der Waals surface area (Å²) in [7, 11) is 0. The molecule has 19 heavy (non-hydrogen) atoms. The molecule has 0 unspecified atom stereocenters. The minimum absolute atomic E-state index is 0.226. The van der Waals surface area contributed by atoms with Crippen LogP contribution in [0, 0.1) is 0 Å². The van der Waals surface area contributed by atoms with Gasteiger partial charge in [0.2, 0.25) is 0 Å². The maximum absolute atomic E-state index is 12.2. The standard InChI is InChI=1S/C15H11NO2S/c17-14-12-3-1-2-4-13(12)15(18)16(14)9-10-5-7-11(19)8-6-10/h1-8,19H,9H2. The summed E-state index contributed by atoms with van der Waals surface area (Å²) in [6.07, 6.45) is 0. The van der Waals surface area contributed by atoms with E-state index in [0.717, 1.165) is 10.5 Å². The highest BCUT2D eigenvalue weighted by molar-refractivity contribution is 7.80. The van der Waals surface area contributed by atoms with Crippen LogP contribution >= 0.6 is 12.6 Å². The third-order valence-electron chi connectivity index (χ3n) is 3.16. The van der Waals surface area contributed by atoms with Gasteiger partial charge in [-0.1, -0.05) is 24.3 Å². The first kappa shape index (κ1) is 12.0. The SMILES string of the molecule is O=C1c2ccccc2C(=O)N1Cc1ccc(S)cc1. The Labute approximate surface area is 116 Å². The Kier molecular flexibility index (Phi) is 2.87. The second kappa shape index (κ2) is 4.55. The van der Waals surface area contributed by atoms with Crippen molar-refractivity contribution >= 4 is 24.4 Å². The van der Waals surface area contributed by atoms with Crippen molar-refractivity contribution in [2.24, 2.45) is 0 Å². The van der Waals surface area contributed by atoms with E-state index in [1.807, 2.05) is 24.3 Å². The van der Waals surface area contributed by atoms with Gasteiger partial charge in [-0.2, -0.15) is 0 Å². The fourth-order valence-electron chi connectivity index (χ4n) is 2.17. The predicted molar refractivity (Wildman–Crippen MR) is 74.3 cm³/mol. The number of nitrogens with zero attached hydrogens (tertiary/aromatic N) is 1. The molecule has 1 aliphatic rings. The lowest BCUT2D eigenvalue weighted by atomic mass is 10.1. The lowest BCUT2D eigenvalue weighted by molar-refractivity contribution is 0.0642. The minimum Gasteiger partial charge on any atom is -0.270 e. The summed E-state index contributed by atoms with van der Waals surface area (Å²) in [6.45, 7) is 0.292. The Bertz CT molecular complexity index is 629. The first-order chi connectivity index (χ1) is 9.16. The maximum atomic E-state index is 12.2. The Morgan fingerprint density at radius 3 is 1.89 bits per heavy atom. The van der Waals surface area contributed by atoms with Crippen LogP contribution in [0.2, 0.25) is 0 Å². The van der Waals surface area contributed by atoms with Gasteiger partial charge in [-0.05, 0) is 29.8 Å². The minimum atomic E-state index is -0.226. The topological polar surface area (TPSA) is 37.4 Å². The first-order valence-electron chi connectivity index (χ1n) is 5.90. The third kappa shape index (κ3) is 2.04. The number of thiol groups is 1. The summed E-state index contributed by atoms with van der Waals surface area (Å²) >= 11 is 4.21. The lowest BCUT2D eigenvalue weighted by Gasteiger charge is -2.13. The number of rotatable bonds is 2. The molecular weight excluding hydrogens is 258 g/mol. The molecule has 0 bridgehead atoms. The van der Waals surface area contributed by atoms with E-state index in [4.69, 9.17) is 0 Å². The van der Waals surface area contributed by atoms with E-state index in [9.17, 15) is 9.59 Å². The van der Waals surface area contributed by atoms with Crippen molar-refractivity contribution in [3.63, 3.8) is 0 Å². The summed E-state index contributed by atoms with van der Waals surface area (Å²) in [6, 6.07) is 14.3. The summed E-state index contributed by atoms with van der Waals surface area (Å²) in [5.41, 5.74) is 1.88. The number of benzene rings is 2. The van der Waals surface area contributed by atoms with Crippen LogP contribution in [0.3, 0.4) is 0 Å². The molecule has 0 N–H and O–H groups in total. The van der Waals surface area contributed by atoms with Crippen LogP contribution in [0.1, 0.15) is 26.3 Å². The summed E-state index contributed by atoms with van der Waals surface area (Å²) in [4.78, 5) is 26.5. The molecule has 94 valence electrons. The van der Waals surface area contributed by atoms with E-state index in [0.29, 0.717) is 17.7 Å². The summed E-state index contributed by atoms with van der Waals surface area (Å²) < 4.78 is 0. The molecule has 0 saturated heterocycles. The predicted octanol–water partition coefficient (Wildman–Crippen LogP) is 2.77. The molecule has 1 heterocycles. The van der Waals surface area contributed by atoms with Crippen molar-refractivity contribution in [3.05, 3.63) is 65.2 Å². The van der Waals surface area contributed by atoms with Crippen LogP contribution in [-0.4, -0.2) is 16.7 Å². The van der Waals surface area contributed by atoms with Crippen LogP contribution in [0.5, 0.6) is 0 Å². The van der Waals surface area contributed by atoms with Gasteiger partial charge in [0.25, 0.3) is 11.8 Å². The normalized spacial score (nSPS) is 13.8. The molecule has 4 heteroatoms. The van der Waals surface area contributed by atoms with E-state index in [2.05, 4.69) is 12.6 Å². The Morgan fingerprint density at radius 1 is 0.842 bits per heavy atom. The van der Waals surface area contributed by atoms with Gasteiger partial charge < -0.3 is 0 Å². The average Bonchev–Trinajstić information content (AvgIpc) is 2.67. The molecule has 0 saturated carbocycles. The number of carbonyl (C=O) groups excluding carboxylic acids is 2. The molecule has 0 radical (unpaired) electrons. The van der Waals surface area contributed by atoms with Crippen molar-refractivity contribution < 1.29 is 9.59 Å². The first-order valence-corrected chi connectivity index (χ1v) is 6.34. The monoisotopic (exact) mass is 269 g/mol. The molecule has 0 aromatic heterocycles. The van der Waals surface area contributed by atoms with Gasteiger partial charge in [0.1, 0.15) is 0 Å². The van der Waals surface area contributed by atoms with Crippen LogP contribution in [0.4, 0.5) is 0 Å². The number of hydrogen-bond acceptors (Lipinski definition) is 3. The van der Waals surface area contributed by atoms with Gasteiger partial charge >= 0.3 is 0 Å². The number of carbonyl (C=O) groups is 2. The highest BCUT2D eigenvalue weighted by Crippen LogP contribution is 2.24. The lowest BCUT2D eigenvalue weighted by Crippen LogP contribution is -2.29. The van der Waals surface area contributed by atoms with Crippen molar-refractivity contribution in [2.75, 3.05) is 0 Å². The second-order valence-corrected chi connectivity index (χ2v) is 4.92. The smallest absolute Gasteiger partial charge is 0.261 e. The van der Waals surface area contributed by atoms with E-state index in [-0.39, 0.29) is 11.8 Å². The quantitative estimate of drug-likeness (QED) is 0.672. The Morgan fingerprint density at radius 2 is 1.37 bits per heavy atom. The Hall–Kier alpha value is -2.07. The largest absolute Gasteiger partial charge is 0.270 e. The van der Waals surface area contributed by atoms with Crippen LogP contribution in [0.15, 0.2) is 53.4 Å². The molecule has 0 spiro atoms. The molecule has 2 aromatic carbocycles. The number of fused-ring (bicyclic) bond motifs is 1. The van der Waals surface area contributed by atoms with Crippen molar-refractivity contribution in [1.82, 2.24) is 4.90 Å². The highest BCUT2D eigenvalue weighted by Gasteiger charge is 2.34. The van der Waals surface area contributed by atoms with Crippen molar-refractivity contribution in [1.29, 1.82) is 0 Å². The summed E-state index contributed by atoms with van der Waals surface area (Å²) in [5, 5.41) is 0. The van der Waals surface area contributed by atoms with Crippen LogP contribution in [0.25, 0.3) is 0 Å². The average molecular weight is 269 g/mol. The van der Waals surface area contributed by atoms with Crippen LogP contribution in [-0.2, 0) is 6.54 Å². The molecule has 0 atom stereocenters. The van der Waals surface area contributed by atoms with Gasteiger partial charge in [-0.15, -0.1) is 12.6 Å². The van der Waals surface area contributed by atoms with Gasteiger partial charge in [-0.3, -0.25) is 14.5 Å². The highest BCUT2D eigenvalue weighted by atomic mass is 32.1. The van der Waals surface area contributed by atoms with Crippen molar-refractivity contribution in [2.45, 2.75) is 11.4 Å². The third-order valence-corrected chi connectivity index (χ3v) is 3.45. The molecule has 2 aromatic rings. The maximum Gasteiger partial charge on any atom is 0.261 e. The zero-order valence-electron chi connectivity index (χ0n) is 10.0. The number of hydrogen-bond donors (Lipinski definition) is 1. The van der Waals surface area contributed by atoms with E-state index in [1.165, 1.54) is 4.90 Å². The molecule has 3 rings (SSSR count). The van der Waals surface area contributed by atoms with E-state index in [1.54, 1.807) is 24.3 Å². The fraction of sp³-hybridized carbons (Fsp3) is 0.0667. The van der Waals surface area contributed by atoms with Gasteiger partial charge in [0.15, 0.2) is 0 Å². The zero-order valence-corrected chi connectivity index (χ0v) is 10.9. The molecule has 3 nitrogen and oxygen atoms in total.